The summed E-state index contributed by atoms with van der Waals surface area (Å²) in [6.45, 7) is 1.62. The van der Waals surface area contributed by atoms with E-state index in [9.17, 15) is 14.0 Å². The van der Waals surface area contributed by atoms with Crippen LogP contribution in [0.25, 0.3) is 0 Å². The van der Waals surface area contributed by atoms with Crippen molar-refractivity contribution in [2.75, 3.05) is 5.32 Å². The molecule has 1 unspecified atom stereocenters. The van der Waals surface area contributed by atoms with Gasteiger partial charge in [-0.25, -0.2) is 9.18 Å². The second-order valence-electron chi connectivity index (χ2n) is 4.07. The third kappa shape index (κ3) is 3.08. The van der Waals surface area contributed by atoms with Gasteiger partial charge in [-0.2, -0.15) is 0 Å². The fourth-order valence-electron chi connectivity index (χ4n) is 1.48. The lowest BCUT2D eigenvalue weighted by atomic mass is 10.3. The number of aryl methyl sites for hydroxylation is 1. The number of aromatic amines is 1. The minimum atomic E-state index is -0.584. The van der Waals surface area contributed by atoms with Crippen LogP contribution in [0.5, 0.6) is 0 Å². The molecule has 106 valence electrons. The van der Waals surface area contributed by atoms with Crippen LogP contribution in [0.2, 0.25) is 0 Å². The Morgan fingerprint density at radius 2 is 2.20 bits per heavy atom. The van der Waals surface area contributed by atoms with Crippen molar-refractivity contribution < 1.29 is 18.4 Å². The quantitative estimate of drug-likeness (QED) is 0.653. The van der Waals surface area contributed by atoms with Crippen molar-refractivity contribution in [2.45, 2.75) is 17.2 Å². The number of rotatable bonds is 4. The Kier molecular flexibility index (Phi) is 4.23. The second-order valence-corrected chi connectivity index (χ2v) is 5.40. The van der Waals surface area contributed by atoms with E-state index < -0.39 is 22.6 Å². The monoisotopic (exact) mass is 298 g/mol. The molecule has 2 aromatic rings. The first-order valence-corrected chi connectivity index (χ1v) is 6.66. The number of hydrogen-bond donors (Lipinski definition) is 2. The molecule has 6 nitrogen and oxygen atoms in total. The molecule has 8 heteroatoms. The van der Waals surface area contributed by atoms with Gasteiger partial charge in [0.25, 0.3) is 0 Å². The van der Waals surface area contributed by atoms with Gasteiger partial charge in [0.05, 0.1) is 10.9 Å². The third-order valence-electron chi connectivity index (χ3n) is 2.54. The minimum absolute atomic E-state index is 0.107. The maximum absolute atomic E-state index is 13.4. The van der Waals surface area contributed by atoms with Gasteiger partial charge in [-0.05, 0) is 36.1 Å². The summed E-state index contributed by atoms with van der Waals surface area (Å²) in [5, 5.41) is 4.51. The van der Waals surface area contributed by atoms with Gasteiger partial charge in [0.2, 0.25) is 5.91 Å². The number of benzene rings is 1. The molecule has 0 fully saturated rings. The normalized spacial score (nSPS) is 12.2. The van der Waals surface area contributed by atoms with Gasteiger partial charge in [0.15, 0.2) is 7.05 Å². The Balaban J connectivity index is 2.07. The van der Waals surface area contributed by atoms with Crippen LogP contribution in [0.4, 0.5) is 10.1 Å². The number of thioether (sulfide) groups is 1. The molecule has 1 heterocycles. The largest absolute Gasteiger partial charge is 0.441 e. The molecule has 2 N–H and O–H groups in total. The van der Waals surface area contributed by atoms with Gasteiger partial charge in [0.1, 0.15) is 5.82 Å². The van der Waals surface area contributed by atoms with E-state index in [1.165, 1.54) is 22.9 Å². The van der Waals surface area contributed by atoms with Gasteiger partial charge < -0.3 is 5.32 Å². The first kappa shape index (κ1) is 14.3. The molecule has 1 atom stereocenters. The highest BCUT2D eigenvalue weighted by atomic mass is 32.2. The average Bonchev–Trinajstić information content (AvgIpc) is 2.73. The zero-order valence-corrected chi connectivity index (χ0v) is 11.7. The van der Waals surface area contributed by atoms with Gasteiger partial charge in [0, 0.05) is 0 Å². The smallest absolute Gasteiger partial charge is 0.323 e. The molecule has 1 amide bonds. The number of para-hydroxylation sites is 1. The number of carbonyl (C=O) groups is 1. The summed E-state index contributed by atoms with van der Waals surface area (Å²) in [6, 6.07) is 5.88. The zero-order valence-electron chi connectivity index (χ0n) is 10.8. The van der Waals surface area contributed by atoms with Crippen molar-refractivity contribution in [2.24, 2.45) is 7.05 Å². The molecule has 20 heavy (non-hydrogen) atoms. The SMILES string of the molecule is CC(Sc1c(=O)o[nH][n+]1C)C(=O)Nc1ccccc1F. The van der Waals surface area contributed by atoms with E-state index in [2.05, 4.69) is 15.1 Å². The van der Waals surface area contributed by atoms with Crippen molar-refractivity contribution in [1.29, 1.82) is 0 Å². The molecule has 1 aromatic heterocycles. The number of nitrogens with one attached hydrogen (secondary N) is 2. The highest BCUT2D eigenvalue weighted by molar-refractivity contribution is 8.00. The van der Waals surface area contributed by atoms with Crippen LogP contribution in [0.3, 0.4) is 0 Å². The average molecular weight is 298 g/mol. The molecular weight excluding hydrogens is 285 g/mol. The lowest BCUT2D eigenvalue weighted by Crippen LogP contribution is -2.35. The number of carbonyl (C=O) groups excluding carboxylic acids is 1. The Bertz CT molecular complexity index is 683. The number of aromatic nitrogens is 2. The Morgan fingerprint density at radius 1 is 1.50 bits per heavy atom. The maximum atomic E-state index is 13.4. The molecule has 0 saturated carbocycles. The highest BCUT2D eigenvalue weighted by Gasteiger charge is 2.25. The number of halogens is 1. The van der Waals surface area contributed by atoms with Crippen LogP contribution in [-0.2, 0) is 11.8 Å². The first-order valence-electron chi connectivity index (χ1n) is 5.78. The van der Waals surface area contributed by atoms with Crippen LogP contribution in [-0.4, -0.2) is 16.4 Å². The number of amides is 1. The van der Waals surface area contributed by atoms with Crippen LogP contribution in [0.15, 0.2) is 38.6 Å². The van der Waals surface area contributed by atoms with Gasteiger partial charge in [-0.1, -0.05) is 16.8 Å². The summed E-state index contributed by atoms with van der Waals surface area (Å²) < 4.78 is 19.4. The molecule has 0 radical (unpaired) electrons. The Hall–Kier alpha value is -2.09. The Morgan fingerprint density at radius 3 is 2.80 bits per heavy atom. The van der Waals surface area contributed by atoms with E-state index in [1.54, 1.807) is 20.0 Å². The molecule has 1 aromatic carbocycles. The van der Waals surface area contributed by atoms with E-state index in [1.807, 2.05) is 0 Å². The Labute approximate surface area is 117 Å². The molecule has 0 aliphatic heterocycles. The zero-order chi connectivity index (χ0) is 14.7. The second kappa shape index (κ2) is 5.91. The van der Waals surface area contributed by atoms with E-state index in [0.29, 0.717) is 0 Å². The summed E-state index contributed by atoms with van der Waals surface area (Å²) in [5.41, 5.74) is -0.446. The summed E-state index contributed by atoms with van der Waals surface area (Å²) in [7, 11) is 1.59. The minimum Gasteiger partial charge on any atom is -0.323 e. The topological polar surface area (TPSA) is 79.0 Å². The van der Waals surface area contributed by atoms with Crippen molar-refractivity contribution in [3.8, 4) is 0 Å². The molecule has 0 bridgehead atoms. The van der Waals surface area contributed by atoms with E-state index >= 15 is 0 Å². The number of H-pyrrole nitrogens is 1. The number of hydrogen-bond acceptors (Lipinski definition) is 4. The van der Waals surface area contributed by atoms with Crippen molar-refractivity contribution in [1.82, 2.24) is 5.27 Å². The van der Waals surface area contributed by atoms with Crippen LogP contribution in [0, 0.1) is 5.82 Å². The lowest BCUT2D eigenvalue weighted by molar-refractivity contribution is -0.772. The standard InChI is InChI=1S/C12H12FN3O3S/c1-7(20-11-12(18)19-15-16(11)2)10(17)14-9-6-4-3-5-8(9)13/h3-7H,1-2H3,(H-,14,15,17,18)/p+1. The maximum Gasteiger partial charge on any atom is 0.441 e. The highest BCUT2D eigenvalue weighted by Crippen LogP contribution is 2.19. The first-order chi connectivity index (χ1) is 9.49. The van der Waals surface area contributed by atoms with E-state index in [4.69, 9.17) is 0 Å². The third-order valence-corrected chi connectivity index (χ3v) is 3.78. The summed E-state index contributed by atoms with van der Waals surface area (Å²) in [5.74, 6) is -0.912. The summed E-state index contributed by atoms with van der Waals surface area (Å²) in [6.07, 6.45) is 0. The van der Waals surface area contributed by atoms with E-state index in [0.717, 1.165) is 11.8 Å². The molecule has 0 aliphatic carbocycles. The molecule has 0 saturated heterocycles. The molecule has 2 rings (SSSR count). The summed E-state index contributed by atoms with van der Waals surface area (Å²) >= 11 is 1.03. The van der Waals surface area contributed by atoms with Crippen LogP contribution < -0.4 is 15.6 Å². The molecule has 0 aliphatic rings. The molecular formula is C12H13FN3O3S+. The van der Waals surface area contributed by atoms with Crippen LogP contribution in [0.1, 0.15) is 6.92 Å². The van der Waals surface area contributed by atoms with Gasteiger partial charge >= 0.3 is 10.7 Å². The predicted molar refractivity (Wildman–Crippen MR) is 70.9 cm³/mol. The van der Waals surface area contributed by atoms with Crippen molar-refractivity contribution in [3.05, 3.63) is 40.5 Å². The van der Waals surface area contributed by atoms with Crippen LogP contribution >= 0.6 is 11.8 Å². The van der Waals surface area contributed by atoms with Gasteiger partial charge in [-0.3, -0.25) is 9.32 Å². The lowest BCUT2D eigenvalue weighted by Gasteiger charge is -2.09. The fourth-order valence-corrected chi connectivity index (χ4v) is 2.31. The fraction of sp³-hybridized carbons (Fsp3) is 0.250. The number of nitrogens with zero attached hydrogens (tertiary/aromatic N) is 1. The van der Waals surface area contributed by atoms with E-state index in [-0.39, 0.29) is 10.7 Å². The molecule has 0 spiro atoms. The number of anilines is 1. The van der Waals surface area contributed by atoms with Crippen molar-refractivity contribution in [3.63, 3.8) is 0 Å². The van der Waals surface area contributed by atoms with Gasteiger partial charge in [-0.15, -0.1) is 0 Å². The summed E-state index contributed by atoms with van der Waals surface area (Å²) in [4.78, 5) is 23.3. The van der Waals surface area contributed by atoms with Crippen molar-refractivity contribution >= 4 is 23.4 Å². The predicted octanol–water partition coefficient (Wildman–Crippen LogP) is 1.05.